The van der Waals surface area contributed by atoms with Crippen LogP contribution in [-0.2, 0) is 29.0 Å². The van der Waals surface area contributed by atoms with E-state index in [2.05, 4.69) is 32.4 Å². The first-order chi connectivity index (χ1) is 17.1. The third-order valence-electron chi connectivity index (χ3n) is 7.11. The number of benzene rings is 1. The van der Waals surface area contributed by atoms with E-state index in [0.717, 1.165) is 57.9 Å². The molecule has 0 unspecified atom stereocenters. The first kappa shape index (κ1) is 22.2. The van der Waals surface area contributed by atoms with Gasteiger partial charge < -0.3 is 15.0 Å². The van der Waals surface area contributed by atoms with Crippen molar-refractivity contribution in [1.29, 1.82) is 0 Å². The lowest BCUT2D eigenvalue weighted by Gasteiger charge is -2.31. The van der Waals surface area contributed by atoms with Crippen LogP contribution in [0.25, 0.3) is 10.2 Å². The molecule has 1 fully saturated rings. The molecule has 1 amide bonds. The molecule has 1 saturated heterocycles. The van der Waals surface area contributed by atoms with E-state index >= 15 is 0 Å². The molecule has 1 aliphatic carbocycles. The summed E-state index contributed by atoms with van der Waals surface area (Å²) < 4.78 is 5.92. The van der Waals surface area contributed by atoms with Crippen molar-refractivity contribution in [3.05, 3.63) is 40.0 Å². The van der Waals surface area contributed by atoms with Crippen molar-refractivity contribution in [2.75, 3.05) is 25.0 Å². The van der Waals surface area contributed by atoms with Crippen LogP contribution < -0.4 is 10.1 Å². The number of likely N-dealkylation sites (tertiary alicyclic amines) is 1. The van der Waals surface area contributed by atoms with Gasteiger partial charge in [-0.3, -0.25) is 14.6 Å². The lowest BCUT2D eigenvalue weighted by atomic mass is 9.86. The maximum absolute atomic E-state index is 13.1. The fourth-order valence-corrected chi connectivity index (χ4v) is 6.56. The predicted molar refractivity (Wildman–Crippen MR) is 136 cm³/mol. The Labute approximate surface area is 207 Å². The van der Waals surface area contributed by atoms with Crippen molar-refractivity contribution >= 4 is 51.0 Å². The number of anilines is 2. The van der Waals surface area contributed by atoms with Crippen molar-refractivity contribution in [3.8, 4) is 5.75 Å². The molecule has 0 spiro atoms. The molecule has 8 nitrogen and oxygen atoms in total. The molecule has 1 N–H and O–H groups in total. The molecule has 1 aromatic carbocycles. The Balaban J connectivity index is 1.29. The number of nitrogens with zero attached hydrogens (tertiary/aromatic N) is 4. The van der Waals surface area contributed by atoms with Crippen molar-refractivity contribution < 1.29 is 14.3 Å². The molecule has 0 saturated carbocycles. The highest BCUT2D eigenvalue weighted by molar-refractivity contribution is 7.19. The van der Waals surface area contributed by atoms with Gasteiger partial charge >= 0.3 is 0 Å². The third kappa shape index (κ3) is 4.07. The van der Waals surface area contributed by atoms with Crippen LogP contribution in [0, 0.1) is 5.92 Å². The van der Waals surface area contributed by atoms with Crippen LogP contribution in [0.3, 0.4) is 0 Å². The summed E-state index contributed by atoms with van der Waals surface area (Å²) in [6.07, 6.45) is 6.79. The number of piperidine rings is 1. The number of ether oxygens (including phenoxy) is 1. The molecule has 2 aromatic heterocycles. The van der Waals surface area contributed by atoms with Crippen molar-refractivity contribution in [2.24, 2.45) is 10.9 Å². The number of rotatable bonds is 5. The van der Waals surface area contributed by atoms with E-state index in [1.54, 1.807) is 17.7 Å². The fraction of sp³-hybridized carbons (Fsp3) is 0.423. The minimum atomic E-state index is -0.0336. The normalized spacial score (nSPS) is 19.1. The Kier molecular flexibility index (Phi) is 5.72. The molecule has 3 aliphatic rings. The van der Waals surface area contributed by atoms with Gasteiger partial charge in [-0.15, -0.1) is 11.3 Å². The molecule has 35 heavy (non-hydrogen) atoms. The van der Waals surface area contributed by atoms with Crippen LogP contribution in [-0.4, -0.2) is 52.5 Å². The summed E-state index contributed by atoms with van der Waals surface area (Å²) in [5.74, 6) is 1.96. The Morgan fingerprint density at radius 3 is 2.91 bits per heavy atom. The topological polar surface area (TPSA) is 96.8 Å². The zero-order chi connectivity index (χ0) is 23.9. The zero-order valence-electron chi connectivity index (χ0n) is 19.7. The number of carbonyl (C=O) groups excluding carboxylic acids is 2. The lowest BCUT2D eigenvalue weighted by Crippen LogP contribution is -2.43. The second-order valence-electron chi connectivity index (χ2n) is 9.28. The van der Waals surface area contributed by atoms with E-state index in [4.69, 9.17) is 4.74 Å². The summed E-state index contributed by atoms with van der Waals surface area (Å²) in [6.45, 7) is 4.34. The number of amides is 1. The lowest BCUT2D eigenvalue weighted by molar-refractivity contribution is -0.138. The van der Waals surface area contributed by atoms with Crippen molar-refractivity contribution in [2.45, 2.75) is 45.6 Å². The summed E-state index contributed by atoms with van der Waals surface area (Å²) in [5.41, 5.74) is 4.36. The number of thiophene rings is 1. The highest BCUT2D eigenvalue weighted by Crippen LogP contribution is 2.42. The van der Waals surface area contributed by atoms with Crippen LogP contribution in [0.15, 0.2) is 23.5 Å². The van der Waals surface area contributed by atoms with Gasteiger partial charge in [0, 0.05) is 42.9 Å². The standard InChI is InChI=1S/C26H27N5O3S/c1-2-34-21-10-17-13-27-12-16(17)9-20(21)30-24-23-19-4-3-15(11-22(19)35-25(23)29-14-28-24)26(33)31-7-5-18(32)6-8-31/h9-10,12,14-15H,2-8,11,13H2,1H3,(H,28,29,30)/t15-/m0/s1. The maximum Gasteiger partial charge on any atom is 0.226 e. The Morgan fingerprint density at radius 2 is 2.09 bits per heavy atom. The quantitative estimate of drug-likeness (QED) is 0.581. The smallest absolute Gasteiger partial charge is 0.226 e. The Hall–Kier alpha value is -3.33. The molecule has 9 heteroatoms. The maximum atomic E-state index is 13.1. The molecule has 0 radical (unpaired) electrons. The molecular weight excluding hydrogens is 462 g/mol. The molecular formula is C26H27N5O3S. The summed E-state index contributed by atoms with van der Waals surface area (Å²) in [5, 5.41) is 4.56. The van der Waals surface area contributed by atoms with Crippen LogP contribution in [0.5, 0.6) is 5.75 Å². The van der Waals surface area contributed by atoms with Gasteiger partial charge in [-0.25, -0.2) is 9.97 Å². The van der Waals surface area contributed by atoms with Crippen LogP contribution in [0.2, 0.25) is 0 Å². The highest BCUT2D eigenvalue weighted by Gasteiger charge is 2.33. The number of aryl methyl sites for hydroxylation is 1. The summed E-state index contributed by atoms with van der Waals surface area (Å²) >= 11 is 1.66. The van der Waals surface area contributed by atoms with Crippen molar-refractivity contribution in [1.82, 2.24) is 14.9 Å². The van der Waals surface area contributed by atoms with Gasteiger partial charge in [-0.1, -0.05) is 0 Å². The summed E-state index contributed by atoms with van der Waals surface area (Å²) in [4.78, 5) is 42.3. The zero-order valence-corrected chi connectivity index (χ0v) is 20.5. The molecule has 0 bridgehead atoms. The molecule has 1 atom stereocenters. The Bertz CT molecular complexity index is 1350. The summed E-state index contributed by atoms with van der Waals surface area (Å²) in [7, 11) is 0. The number of carbonyl (C=O) groups is 2. The van der Waals surface area contributed by atoms with E-state index in [0.29, 0.717) is 39.1 Å². The minimum Gasteiger partial charge on any atom is -0.492 e. The number of nitrogens with one attached hydrogen (secondary N) is 1. The molecule has 180 valence electrons. The molecule has 4 heterocycles. The number of ketones is 1. The van der Waals surface area contributed by atoms with Gasteiger partial charge in [0.15, 0.2) is 0 Å². The van der Waals surface area contributed by atoms with Gasteiger partial charge in [0.2, 0.25) is 5.91 Å². The summed E-state index contributed by atoms with van der Waals surface area (Å²) in [6, 6.07) is 4.13. The van der Waals surface area contributed by atoms with E-state index in [1.807, 2.05) is 18.0 Å². The average Bonchev–Trinajstić information content (AvgIpc) is 3.48. The first-order valence-electron chi connectivity index (χ1n) is 12.2. The monoisotopic (exact) mass is 489 g/mol. The number of hydrogen-bond donors (Lipinski definition) is 1. The third-order valence-corrected chi connectivity index (χ3v) is 8.28. The van der Waals surface area contributed by atoms with E-state index < -0.39 is 0 Å². The van der Waals surface area contributed by atoms with Gasteiger partial charge in [0.25, 0.3) is 0 Å². The Morgan fingerprint density at radius 1 is 1.23 bits per heavy atom. The predicted octanol–water partition coefficient (Wildman–Crippen LogP) is 4.06. The average molecular weight is 490 g/mol. The SMILES string of the molecule is CCOc1cc2c(cc1Nc1ncnc3sc4c(c13)CC[C@H](C(=O)N1CCC(=O)CC1)C4)C=NC2. The van der Waals surface area contributed by atoms with Gasteiger partial charge in [-0.05, 0) is 55.0 Å². The van der Waals surface area contributed by atoms with E-state index in [1.165, 1.54) is 10.4 Å². The van der Waals surface area contributed by atoms with Crippen LogP contribution >= 0.6 is 11.3 Å². The highest BCUT2D eigenvalue weighted by atomic mass is 32.1. The van der Waals surface area contributed by atoms with Gasteiger partial charge in [0.05, 0.1) is 24.2 Å². The number of Topliss-reactive ketones (excluding diaryl/α,β-unsaturated/α-hetero) is 1. The number of hydrogen-bond acceptors (Lipinski definition) is 8. The largest absolute Gasteiger partial charge is 0.492 e. The molecule has 6 rings (SSSR count). The second kappa shape index (κ2) is 9.03. The number of aliphatic imine (C=N–C) groups is 1. The van der Waals surface area contributed by atoms with Gasteiger partial charge in [-0.2, -0.15) is 0 Å². The fourth-order valence-electron chi connectivity index (χ4n) is 5.29. The van der Waals surface area contributed by atoms with E-state index in [9.17, 15) is 9.59 Å². The van der Waals surface area contributed by atoms with Crippen LogP contribution in [0.1, 0.15) is 47.8 Å². The van der Waals surface area contributed by atoms with Gasteiger partial charge in [0.1, 0.15) is 28.5 Å². The minimum absolute atomic E-state index is 0.0336. The second-order valence-corrected chi connectivity index (χ2v) is 10.4. The number of aromatic nitrogens is 2. The van der Waals surface area contributed by atoms with Crippen LogP contribution in [0.4, 0.5) is 11.5 Å². The van der Waals surface area contributed by atoms with Crippen molar-refractivity contribution in [3.63, 3.8) is 0 Å². The molecule has 3 aromatic rings. The molecule has 2 aliphatic heterocycles. The van der Waals surface area contributed by atoms with E-state index in [-0.39, 0.29) is 17.6 Å². The first-order valence-corrected chi connectivity index (χ1v) is 13.0. The number of fused-ring (bicyclic) bond motifs is 4.